The van der Waals surface area contributed by atoms with Crippen molar-refractivity contribution in [2.24, 2.45) is 0 Å². The van der Waals surface area contributed by atoms with Crippen LogP contribution < -0.4 is 10.6 Å². The van der Waals surface area contributed by atoms with Crippen LogP contribution in [0.4, 0.5) is 10.1 Å². The van der Waals surface area contributed by atoms with E-state index in [0.717, 1.165) is 13.6 Å². The van der Waals surface area contributed by atoms with Crippen LogP contribution in [0.25, 0.3) is 22.6 Å². The highest BCUT2D eigenvalue weighted by Gasteiger charge is 2.14. The van der Waals surface area contributed by atoms with Crippen LogP contribution in [-0.4, -0.2) is 16.0 Å². The molecule has 1 heterocycles. The molecule has 4 rings (SSSR count). The number of halogens is 3. The average Bonchev–Trinajstić information content (AvgIpc) is 3.13. The van der Waals surface area contributed by atoms with Gasteiger partial charge in [0.15, 0.2) is 10.7 Å². The fourth-order valence-corrected chi connectivity index (χ4v) is 3.88. The number of carbonyl (C=O) groups is 1. The molecule has 2 N–H and O–H groups in total. The minimum absolute atomic E-state index is 0.0479. The Morgan fingerprint density at radius 1 is 1.13 bits per heavy atom. The van der Waals surface area contributed by atoms with Gasteiger partial charge < -0.3 is 9.73 Å². The van der Waals surface area contributed by atoms with Gasteiger partial charge in [0.25, 0.3) is 5.91 Å². The monoisotopic (exact) mass is 595 g/mol. The Kier molecular flexibility index (Phi) is 6.11. The van der Waals surface area contributed by atoms with Gasteiger partial charge >= 0.3 is 0 Å². The standard InChI is InChI=1S/C21H12BrFIN3O2S/c22-15-7-5-11(24)9-14(15)20-26-17-10-12(6-8-18(17)29-20)25-21(30)27-19(28)13-3-1-2-4-16(13)23/h1-10H,(H2,25,27,28,30). The summed E-state index contributed by atoms with van der Waals surface area (Å²) in [6.45, 7) is 0. The number of amides is 1. The van der Waals surface area contributed by atoms with Gasteiger partial charge in [-0.25, -0.2) is 9.37 Å². The number of hydrogen-bond donors (Lipinski definition) is 2. The number of carbonyl (C=O) groups excluding carboxylic acids is 1. The SMILES string of the molecule is O=C(NC(=S)Nc1ccc2oc(-c3cc(I)ccc3Br)nc2c1)c1ccccc1F. The number of oxazole rings is 1. The molecule has 1 aromatic heterocycles. The molecule has 0 atom stereocenters. The first-order chi connectivity index (χ1) is 14.4. The van der Waals surface area contributed by atoms with Crippen molar-refractivity contribution in [1.29, 1.82) is 0 Å². The average molecular weight is 596 g/mol. The number of rotatable bonds is 3. The van der Waals surface area contributed by atoms with Gasteiger partial charge in [-0.3, -0.25) is 10.1 Å². The third-order valence-corrected chi connectivity index (χ3v) is 5.72. The quantitative estimate of drug-likeness (QED) is 0.220. The van der Waals surface area contributed by atoms with E-state index in [9.17, 15) is 9.18 Å². The molecular formula is C21H12BrFIN3O2S. The van der Waals surface area contributed by atoms with Crippen LogP contribution in [-0.2, 0) is 0 Å². The fourth-order valence-electron chi connectivity index (χ4n) is 2.76. The number of nitrogens with zero attached hydrogens (tertiary/aromatic N) is 1. The summed E-state index contributed by atoms with van der Waals surface area (Å²) in [5, 5.41) is 5.43. The third-order valence-electron chi connectivity index (χ3n) is 4.15. The third kappa shape index (κ3) is 4.52. The molecule has 150 valence electrons. The summed E-state index contributed by atoms with van der Waals surface area (Å²) in [7, 11) is 0. The Morgan fingerprint density at radius 2 is 1.93 bits per heavy atom. The number of fused-ring (bicyclic) bond motifs is 1. The molecule has 4 aromatic rings. The number of thiocarbonyl (C=S) groups is 1. The largest absolute Gasteiger partial charge is 0.436 e. The number of benzene rings is 3. The molecule has 0 fully saturated rings. The first kappa shape index (κ1) is 20.9. The summed E-state index contributed by atoms with van der Waals surface area (Å²) in [5.74, 6) is -0.752. The minimum Gasteiger partial charge on any atom is -0.436 e. The Bertz CT molecular complexity index is 1290. The van der Waals surface area contributed by atoms with Crippen LogP contribution in [0, 0.1) is 9.39 Å². The van der Waals surface area contributed by atoms with Crippen molar-refractivity contribution < 1.29 is 13.6 Å². The molecular weight excluding hydrogens is 584 g/mol. The molecule has 0 aliphatic rings. The van der Waals surface area contributed by atoms with E-state index < -0.39 is 11.7 Å². The highest BCUT2D eigenvalue weighted by molar-refractivity contribution is 14.1. The zero-order valence-corrected chi connectivity index (χ0v) is 19.6. The Balaban J connectivity index is 1.52. The molecule has 5 nitrogen and oxygen atoms in total. The van der Waals surface area contributed by atoms with Gasteiger partial charge in [-0.1, -0.05) is 12.1 Å². The van der Waals surface area contributed by atoms with Crippen molar-refractivity contribution in [1.82, 2.24) is 10.3 Å². The zero-order valence-electron chi connectivity index (χ0n) is 15.1. The van der Waals surface area contributed by atoms with E-state index >= 15 is 0 Å². The molecule has 0 unspecified atom stereocenters. The van der Waals surface area contributed by atoms with Gasteiger partial charge in [-0.2, -0.15) is 0 Å². The van der Waals surface area contributed by atoms with Crippen LogP contribution in [0.15, 0.2) is 69.6 Å². The number of hydrogen-bond acceptors (Lipinski definition) is 4. The van der Waals surface area contributed by atoms with Crippen molar-refractivity contribution >= 4 is 78.5 Å². The van der Waals surface area contributed by atoms with Crippen LogP contribution >= 0.6 is 50.7 Å². The van der Waals surface area contributed by atoms with Gasteiger partial charge in [0, 0.05) is 13.7 Å². The molecule has 0 aliphatic carbocycles. The van der Waals surface area contributed by atoms with Gasteiger partial charge in [-0.15, -0.1) is 0 Å². The number of nitrogens with one attached hydrogen (secondary N) is 2. The lowest BCUT2D eigenvalue weighted by Gasteiger charge is -2.09. The second-order valence-electron chi connectivity index (χ2n) is 6.21. The van der Waals surface area contributed by atoms with Crippen molar-refractivity contribution in [3.8, 4) is 11.5 Å². The lowest BCUT2D eigenvalue weighted by Crippen LogP contribution is -2.34. The highest BCUT2D eigenvalue weighted by Crippen LogP contribution is 2.32. The Morgan fingerprint density at radius 3 is 2.73 bits per heavy atom. The van der Waals surface area contributed by atoms with Crippen LogP contribution in [0.5, 0.6) is 0 Å². The zero-order chi connectivity index (χ0) is 21.3. The van der Waals surface area contributed by atoms with Crippen molar-refractivity contribution in [2.45, 2.75) is 0 Å². The van der Waals surface area contributed by atoms with E-state index in [1.807, 2.05) is 18.2 Å². The maximum atomic E-state index is 13.7. The smallest absolute Gasteiger partial charge is 0.260 e. The van der Waals surface area contributed by atoms with Gasteiger partial charge in [0.2, 0.25) is 5.89 Å². The molecule has 0 aliphatic heterocycles. The van der Waals surface area contributed by atoms with Crippen LogP contribution in [0.1, 0.15) is 10.4 Å². The Labute approximate surface area is 198 Å². The molecule has 3 aromatic carbocycles. The molecule has 0 radical (unpaired) electrons. The summed E-state index contributed by atoms with van der Waals surface area (Å²) in [6.07, 6.45) is 0. The minimum atomic E-state index is -0.626. The first-order valence-electron chi connectivity index (χ1n) is 8.63. The summed E-state index contributed by atoms with van der Waals surface area (Å²) >= 11 is 10.9. The van der Waals surface area contributed by atoms with E-state index in [-0.39, 0.29) is 10.7 Å². The maximum Gasteiger partial charge on any atom is 0.260 e. The van der Waals surface area contributed by atoms with Gasteiger partial charge in [-0.05, 0) is 99.3 Å². The number of aromatic nitrogens is 1. The molecule has 1 amide bonds. The van der Waals surface area contributed by atoms with Gasteiger partial charge in [0.05, 0.1) is 11.1 Å². The second kappa shape index (κ2) is 8.78. The van der Waals surface area contributed by atoms with E-state index in [1.54, 1.807) is 24.3 Å². The van der Waals surface area contributed by atoms with Crippen molar-refractivity contribution in [2.75, 3.05) is 5.32 Å². The molecule has 0 bridgehead atoms. The molecule has 0 saturated carbocycles. The van der Waals surface area contributed by atoms with E-state index in [0.29, 0.717) is 22.7 Å². The fraction of sp³-hybridized carbons (Fsp3) is 0. The Hall–Kier alpha value is -2.37. The summed E-state index contributed by atoms with van der Waals surface area (Å²) in [6, 6.07) is 16.9. The molecule has 0 saturated heterocycles. The van der Waals surface area contributed by atoms with E-state index in [1.165, 1.54) is 18.2 Å². The normalized spacial score (nSPS) is 10.8. The molecule has 9 heteroatoms. The molecule has 30 heavy (non-hydrogen) atoms. The van der Waals surface area contributed by atoms with Crippen LogP contribution in [0.3, 0.4) is 0 Å². The predicted molar refractivity (Wildman–Crippen MR) is 130 cm³/mol. The van der Waals surface area contributed by atoms with Crippen LogP contribution in [0.2, 0.25) is 0 Å². The first-order valence-corrected chi connectivity index (χ1v) is 10.9. The summed E-state index contributed by atoms with van der Waals surface area (Å²) < 4.78 is 21.6. The highest BCUT2D eigenvalue weighted by atomic mass is 127. The number of anilines is 1. The predicted octanol–water partition coefficient (Wildman–Crippen LogP) is 6.13. The van der Waals surface area contributed by atoms with E-state index in [2.05, 4.69) is 54.1 Å². The van der Waals surface area contributed by atoms with Crippen molar-refractivity contribution in [3.63, 3.8) is 0 Å². The second-order valence-corrected chi connectivity index (χ2v) is 8.72. The lowest BCUT2D eigenvalue weighted by atomic mass is 10.2. The molecule has 0 spiro atoms. The lowest BCUT2D eigenvalue weighted by molar-refractivity contribution is 0.0974. The topological polar surface area (TPSA) is 67.2 Å². The van der Waals surface area contributed by atoms with Crippen molar-refractivity contribution in [3.05, 3.63) is 80.1 Å². The summed E-state index contributed by atoms with van der Waals surface area (Å²) in [4.78, 5) is 16.7. The maximum absolute atomic E-state index is 13.7. The van der Waals surface area contributed by atoms with E-state index in [4.69, 9.17) is 16.6 Å². The summed E-state index contributed by atoms with van der Waals surface area (Å²) in [5.41, 5.74) is 2.62. The van der Waals surface area contributed by atoms with Gasteiger partial charge in [0.1, 0.15) is 11.3 Å².